The standard InChI is InChI=1S/C13H16N2/c1-11(14-3)9-12(2)15-10-13-7-5-4-6-8-13/h4-9H,3,10H2,1-2H3/b11-9-,15-12-. The summed E-state index contributed by atoms with van der Waals surface area (Å²) in [6, 6.07) is 10.2. The van der Waals surface area contributed by atoms with Gasteiger partial charge in [-0.3, -0.25) is 9.98 Å². The van der Waals surface area contributed by atoms with Gasteiger partial charge in [0.25, 0.3) is 0 Å². The predicted molar refractivity (Wildman–Crippen MR) is 66.6 cm³/mol. The number of allylic oxidation sites excluding steroid dienone is 2. The Morgan fingerprint density at radius 2 is 1.93 bits per heavy atom. The Morgan fingerprint density at radius 3 is 2.53 bits per heavy atom. The van der Waals surface area contributed by atoms with Crippen LogP contribution in [0.1, 0.15) is 19.4 Å². The molecule has 0 heterocycles. The first kappa shape index (κ1) is 11.4. The fourth-order valence-corrected chi connectivity index (χ4v) is 1.19. The minimum absolute atomic E-state index is 0.716. The molecule has 0 saturated carbocycles. The summed E-state index contributed by atoms with van der Waals surface area (Å²) in [6.07, 6.45) is 1.93. The van der Waals surface area contributed by atoms with Crippen molar-refractivity contribution >= 4 is 12.4 Å². The third-order valence-corrected chi connectivity index (χ3v) is 2.02. The average molecular weight is 200 g/mol. The van der Waals surface area contributed by atoms with Crippen molar-refractivity contribution in [1.29, 1.82) is 0 Å². The molecule has 0 bridgehead atoms. The van der Waals surface area contributed by atoms with Crippen LogP contribution in [0.5, 0.6) is 0 Å². The number of rotatable bonds is 4. The highest BCUT2D eigenvalue weighted by Gasteiger charge is 1.90. The molecule has 0 unspecified atom stereocenters. The van der Waals surface area contributed by atoms with Crippen molar-refractivity contribution in [3.05, 3.63) is 47.7 Å². The van der Waals surface area contributed by atoms with Crippen LogP contribution in [-0.4, -0.2) is 12.4 Å². The van der Waals surface area contributed by atoms with Crippen molar-refractivity contribution in [3.63, 3.8) is 0 Å². The summed E-state index contributed by atoms with van der Waals surface area (Å²) in [7, 11) is 0. The maximum Gasteiger partial charge on any atom is 0.0642 e. The second-order valence-electron chi connectivity index (χ2n) is 3.39. The largest absolute Gasteiger partial charge is 0.285 e. The number of hydrogen-bond acceptors (Lipinski definition) is 2. The lowest BCUT2D eigenvalue weighted by atomic mass is 10.2. The first-order valence-electron chi connectivity index (χ1n) is 4.92. The Hall–Kier alpha value is -1.70. The maximum atomic E-state index is 4.43. The van der Waals surface area contributed by atoms with Crippen molar-refractivity contribution in [2.45, 2.75) is 20.4 Å². The summed E-state index contributed by atoms with van der Waals surface area (Å²) >= 11 is 0. The van der Waals surface area contributed by atoms with Gasteiger partial charge < -0.3 is 0 Å². The van der Waals surface area contributed by atoms with Gasteiger partial charge in [-0.2, -0.15) is 0 Å². The molecular weight excluding hydrogens is 184 g/mol. The normalized spacial score (nSPS) is 12.7. The summed E-state index contributed by atoms with van der Waals surface area (Å²) < 4.78 is 0. The molecule has 0 aliphatic rings. The van der Waals surface area contributed by atoms with Crippen molar-refractivity contribution in [3.8, 4) is 0 Å². The molecule has 15 heavy (non-hydrogen) atoms. The van der Waals surface area contributed by atoms with E-state index in [4.69, 9.17) is 0 Å². The second kappa shape index (κ2) is 5.91. The van der Waals surface area contributed by atoms with Crippen LogP contribution in [0.15, 0.2) is 52.1 Å². The molecule has 0 N–H and O–H groups in total. The maximum absolute atomic E-state index is 4.43. The van der Waals surface area contributed by atoms with Crippen LogP contribution in [0, 0.1) is 0 Å². The van der Waals surface area contributed by atoms with Crippen LogP contribution in [0.2, 0.25) is 0 Å². The molecule has 0 atom stereocenters. The van der Waals surface area contributed by atoms with Gasteiger partial charge in [0.05, 0.1) is 6.54 Å². The molecule has 0 saturated heterocycles. The van der Waals surface area contributed by atoms with Gasteiger partial charge in [-0.1, -0.05) is 30.3 Å². The summed E-state index contributed by atoms with van der Waals surface area (Å²) in [4.78, 5) is 8.25. The van der Waals surface area contributed by atoms with Gasteiger partial charge in [0, 0.05) is 11.4 Å². The van der Waals surface area contributed by atoms with E-state index in [1.54, 1.807) is 0 Å². The first-order valence-corrected chi connectivity index (χ1v) is 4.92. The summed E-state index contributed by atoms with van der Waals surface area (Å²) in [5.74, 6) is 0. The smallest absolute Gasteiger partial charge is 0.0642 e. The summed E-state index contributed by atoms with van der Waals surface area (Å²) in [5, 5.41) is 0. The van der Waals surface area contributed by atoms with Crippen LogP contribution >= 0.6 is 0 Å². The molecule has 2 heteroatoms. The van der Waals surface area contributed by atoms with Gasteiger partial charge in [-0.15, -0.1) is 0 Å². The molecule has 78 valence electrons. The van der Waals surface area contributed by atoms with Gasteiger partial charge in [0.15, 0.2) is 0 Å². The highest BCUT2D eigenvalue weighted by molar-refractivity contribution is 5.93. The monoisotopic (exact) mass is 200 g/mol. The highest BCUT2D eigenvalue weighted by Crippen LogP contribution is 2.01. The van der Waals surface area contributed by atoms with E-state index < -0.39 is 0 Å². The second-order valence-corrected chi connectivity index (χ2v) is 3.39. The van der Waals surface area contributed by atoms with Crippen LogP contribution in [0.3, 0.4) is 0 Å². The van der Waals surface area contributed by atoms with Crippen LogP contribution in [0.4, 0.5) is 0 Å². The quantitative estimate of drug-likeness (QED) is 0.666. The van der Waals surface area contributed by atoms with Crippen molar-refractivity contribution < 1.29 is 0 Å². The topological polar surface area (TPSA) is 24.7 Å². The molecule has 1 aromatic carbocycles. The van der Waals surface area contributed by atoms with Crippen LogP contribution < -0.4 is 0 Å². The Labute approximate surface area is 91.1 Å². The minimum Gasteiger partial charge on any atom is -0.285 e. The van der Waals surface area contributed by atoms with E-state index in [0.29, 0.717) is 6.54 Å². The fourth-order valence-electron chi connectivity index (χ4n) is 1.19. The van der Waals surface area contributed by atoms with Gasteiger partial charge in [-0.25, -0.2) is 0 Å². The zero-order valence-corrected chi connectivity index (χ0v) is 9.27. The Balaban J connectivity index is 2.62. The molecule has 0 aliphatic carbocycles. The van der Waals surface area contributed by atoms with E-state index >= 15 is 0 Å². The van der Waals surface area contributed by atoms with E-state index in [1.165, 1.54) is 5.56 Å². The molecule has 1 rings (SSSR count). The van der Waals surface area contributed by atoms with Crippen molar-refractivity contribution in [2.24, 2.45) is 9.98 Å². The number of aliphatic imine (C=N–C) groups is 2. The van der Waals surface area contributed by atoms with Gasteiger partial charge in [0.2, 0.25) is 0 Å². The van der Waals surface area contributed by atoms with Crippen LogP contribution in [-0.2, 0) is 6.54 Å². The average Bonchev–Trinajstić information content (AvgIpc) is 2.27. The molecule has 0 aromatic heterocycles. The Kier molecular flexibility index (Phi) is 4.48. The summed E-state index contributed by atoms with van der Waals surface area (Å²) in [6.45, 7) is 8.06. The predicted octanol–water partition coefficient (Wildman–Crippen LogP) is 3.25. The molecule has 0 radical (unpaired) electrons. The third kappa shape index (κ3) is 4.36. The molecular formula is C13H16N2. The summed E-state index contributed by atoms with van der Waals surface area (Å²) in [5.41, 5.74) is 3.09. The Bertz CT molecular complexity index is 375. The fraction of sp³-hybridized carbons (Fsp3) is 0.231. The Morgan fingerprint density at radius 1 is 1.27 bits per heavy atom. The molecule has 1 aromatic rings. The third-order valence-electron chi connectivity index (χ3n) is 2.02. The lowest BCUT2D eigenvalue weighted by Crippen LogP contribution is -1.89. The van der Waals surface area contributed by atoms with Crippen molar-refractivity contribution in [2.75, 3.05) is 0 Å². The number of hydrogen-bond donors (Lipinski definition) is 0. The number of benzene rings is 1. The lowest BCUT2D eigenvalue weighted by Gasteiger charge is -1.97. The highest BCUT2D eigenvalue weighted by atomic mass is 14.7. The number of nitrogens with zero attached hydrogens (tertiary/aromatic N) is 2. The molecule has 0 spiro atoms. The SMILES string of the molecule is C=N/C(C)=C\C(C)=N/Cc1ccccc1. The lowest BCUT2D eigenvalue weighted by molar-refractivity contribution is 1.07. The van der Waals surface area contributed by atoms with Crippen LogP contribution in [0.25, 0.3) is 0 Å². The molecule has 0 amide bonds. The zero-order valence-electron chi connectivity index (χ0n) is 9.27. The van der Waals surface area contributed by atoms with Crippen molar-refractivity contribution in [1.82, 2.24) is 0 Å². The molecule has 0 fully saturated rings. The van der Waals surface area contributed by atoms with Gasteiger partial charge in [0.1, 0.15) is 0 Å². The van der Waals surface area contributed by atoms with Gasteiger partial charge in [-0.05, 0) is 32.2 Å². The minimum atomic E-state index is 0.716. The van der Waals surface area contributed by atoms with E-state index in [0.717, 1.165) is 11.4 Å². The molecule has 0 aliphatic heterocycles. The van der Waals surface area contributed by atoms with Gasteiger partial charge >= 0.3 is 0 Å². The van der Waals surface area contributed by atoms with E-state index in [9.17, 15) is 0 Å². The first-order chi connectivity index (χ1) is 7.22. The van der Waals surface area contributed by atoms with E-state index in [1.807, 2.05) is 38.1 Å². The zero-order chi connectivity index (χ0) is 11.1. The van der Waals surface area contributed by atoms with E-state index in [-0.39, 0.29) is 0 Å². The molecule has 2 nitrogen and oxygen atoms in total. The van der Waals surface area contributed by atoms with E-state index in [2.05, 4.69) is 28.8 Å².